The Morgan fingerprint density at radius 1 is 0.829 bits per heavy atom. The van der Waals surface area contributed by atoms with E-state index >= 15 is 0 Å². The molecule has 1 heterocycles. The lowest BCUT2D eigenvalue weighted by Gasteiger charge is -2.16. The van der Waals surface area contributed by atoms with Crippen LogP contribution in [-0.2, 0) is 26.0 Å². The van der Waals surface area contributed by atoms with Gasteiger partial charge in [-0.3, -0.25) is 25.2 Å². The number of rotatable bonds is 7. The molecule has 9 nitrogen and oxygen atoms in total. The van der Waals surface area contributed by atoms with Crippen molar-refractivity contribution in [2.24, 2.45) is 0 Å². The van der Waals surface area contributed by atoms with Crippen LogP contribution in [0.15, 0.2) is 71.6 Å². The van der Waals surface area contributed by atoms with Gasteiger partial charge in [0.05, 0.1) is 17.9 Å². The molecule has 3 N–H and O–H groups in total. The van der Waals surface area contributed by atoms with E-state index in [9.17, 15) is 22.8 Å². The van der Waals surface area contributed by atoms with Crippen molar-refractivity contribution in [2.75, 3.05) is 19.6 Å². The van der Waals surface area contributed by atoms with Gasteiger partial charge in [-0.05, 0) is 47.4 Å². The Morgan fingerprint density at radius 3 is 2.34 bits per heavy atom. The topological polar surface area (TPSA) is 125 Å². The fourth-order valence-corrected chi connectivity index (χ4v) is 5.54. The summed E-state index contributed by atoms with van der Waals surface area (Å²) in [5.74, 6) is -1.62. The SMILES string of the molecule is O=C(Cc1cccc2ccccc12)NCC(=O)NNC(=O)c1cccc(S(=O)(=O)N2CCCC2)c1. The van der Waals surface area contributed by atoms with Crippen LogP contribution in [0.3, 0.4) is 0 Å². The highest BCUT2D eigenvalue weighted by molar-refractivity contribution is 7.89. The first-order valence-electron chi connectivity index (χ1n) is 11.3. The lowest BCUT2D eigenvalue weighted by atomic mass is 10.0. The third kappa shape index (κ3) is 5.84. The quantitative estimate of drug-likeness (QED) is 0.432. The van der Waals surface area contributed by atoms with Gasteiger partial charge in [-0.25, -0.2) is 8.42 Å². The molecule has 0 spiro atoms. The van der Waals surface area contributed by atoms with Crippen molar-refractivity contribution < 1.29 is 22.8 Å². The average Bonchev–Trinajstić information content (AvgIpc) is 3.42. The minimum Gasteiger partial charge on any atom is -0.347 e. The van der Waals surface area contributed by atoms with Crippen LogP contribution in [0.2, 0.25) is 0 Å². The molecule has 0 aliphatic carbocycles. The highest BCUT2D eigenvalue weighted by atomic mass is 32.2. The molecule has 35 heavy (non-hydrogen) atoms. The summed E-state index contributed by atoms with van der Waals surface area (Å²) < 4.78 is 26.8. The fraction of sp³-hybridized carbons (Fsp3) is 0.240. The number of nitrogens with zero attached hydrogens (tertiary/aromatic N) is 1. The predicted molar refractivity (Wildman–Crippen MR) is 131 cm³/mol. The van der Waals surface area contributed by atoms with Gasteiger partial charge < -0.3 is 5.32 Å². The Morgan fingerprint density at radius 2 is 1.54 bits per heavy atom. The van der Waals surface area contributed by atoms with Gasteiger partial charge in [0, 0.05) is 18.7 Å². The Bertz CT molecular complexity index is 1360. The molecule has 0 atom stereocenters. The molecular weight excluding hydrogens is 468 g/mol. The predicted octanol–water partition coefficient (Wildman–Crippen LogP) is 1.74. The summed E-state index contributed by atoms with van der Waals surface area (Å²) >= 11 is 0. The Kier molecular flexibility index (Phi) is 7.42. The van der Waals surface area contributed by atoms with E-state index in [1.54, 1.807) is 0 Å². The van der Waals surface area contributed by atoms with E-state index in [0.29, 0.717) is 13.1 Å². The number of hydrazine groups is 1. The van der Waals surface area contributed by atoms with Crippen LogP contribution >= 0.6 is 0 Å². The number of nitrogens with one attached hydrogen (secondary N) is 3. The van der Waals surface area contributed by atoms with E-state index in [1.165, 1.54) is 28.6 Å². The maximum atomic E-state index is 12.7. The minimum absolute atomic E-state index is 0.0269. The Hall–Kier alpha value is -3.76. The van der Waals surface area contributed by atoms with Crippen molar-refractivity contribution in [1.29, 1.82) is 0 Å². The number of sulfonamides is 1. The molecule has 0 radical (unpaired) electrons. The minimum atomic E-state index is -3.67. The largest absolute Gasteiger partial charge is 0.347 e. The summed E-state index contributed by atoms with van der Waals surface area (Å²) in [5.41, 5.74) is 5.41. The van der Waals surface area contributed by atoms with E-state index < -0.39 is 21.8 Å². The summed E-state index contributed by atoms with van der Waals surface area (Å²) in [7, 11) is -3.67. The van der Waals surface area contributed by atoms with Crippen LogP contribution in [0.25, 0.3) is 10.8 Å². The molecule has 0 unspecified atom stereocenters. The molecule has 1 fully saturated rings. The zero-order valence-corrected chi connectivity index (χ0v) is 19.8. The third-order valence-corrected chi connectivity index (χ3v) is 7.69. The molecule has 3 aromatic rings. The third-order valence-electron chi connectivity index (χ3n) is 5.79. The van der Waals surface area contributed by atoms with Crippen LogP contribution in [-0.4, -0.2) is 50.1 Å². The van der Waals surface area contributed by atoms with Crippen molar-refractivity contribution >= 4 is 38.5 Å². The standard InChI is InChI=1S/C25H26N4O5S/c30-23(16-19-9-5-8-18-7-1-2-12-22(18)19)26-17-24(31)27-28-25(32)20-10-6-11-21(15-20)35(33,34)29-13-3-4-14-29/h1-2,5-12,15H,3-4,13-14,16-17H2,(H,26,30)(H,27,31)(H,28,32). The number of carbonyl (C=O) groups excluding carboxylic acids is 3. The van der Waals surface area contributed by atoms with Crippen LogP contribution in [0.4, 0.5) is 0 Å². The zero-order valence-electron chi connectivity index (χ0n) is 19.0. The van der Waals surface area contributed by atoms with Crippen LogP contribution in [0.1, 0.15) is 28.8 Å². The maximum absolute atomic E-state index is 12.7. The molecule has 0 aromatic heterocycles. The van der Waals surface area contributed by atoms with Crippen molar-refractivity contribution in [1.82, 2.24) is 20.5 Å². The second-order valence-corrected chi connectivity index (χ2v) is 10.2. The van der Waals surface area contributed by atoms with Crippen molar-refractivity contribution in [3.8, 4) is 0 Å². The van der Waals surface area contributed by atoms with Crippen molar-refractivity contribution in [3.63, 3.8) is 0 Å². The number of hydrogen-bond donors (Lipinski definition) is 3. The van der Waals surface area contributed by atoms with Crippen LogP contribution in [0, 0.1) is 0 Å². The first kappa shape index (κ1) is 24.4. The number of fused-ring (bicyclic) bond motifs is 1. The van der Waals surface area contributed by atoms with E-state index in [0.717, 1.165) is 29.2 Å². The smallest absolute Gasteiger partial charge is 0.269 e. The summed E-state index contributed by atoms with van der Waals surface area (Å²) in [6, 6.07) is 19.1. The van der Waals surface area contributed by atoms with E-state index in [2.05, 4.69) is 16.2 Å². The number of carbonyl (C=O) groups is 3. The fourth-order valence-electron chi connectivity index (χ4n) is 3.98. The average molecular weight is 495 g/mol. The number of benzene rings is 3. The van der Waals surface area contributed by atoms with Gasteiger partial charge in [0.2, 0.25) is 15.9 Å². The van der Waals surface area contributed by atoms with E-state index in [-0.39, 0.29) is 29.3 Å². The lowest BCUT2D eigenvalue weighted by Crippen LogP contribution is -2.46. The molecule has 10 heteroatoms. The molecule has 3 amide bonds. The highest BCUT2D eigenvalue weighted by Crippen LogP contribution is 2.21. The lowest BCUT2D eigenvalue weighted by molar-refractivity contribution is -0.126. The van der Waals surface area contributed by atoms with Gasteiger partial charge in [-0.1, -0.05) is 48.5 Å². The molecule has 1 saturated heterocycles. The van der Waals surface area contributed by atoms with E-state index in [4.69, 9.17) is 0 Å². The molecule has 0 bridgehead atoms. The Labute approximate surface area is 203 Å². The van der Waals surface area contributed by atoms with E-state index in [1.807, 2.05) is 42.5 Å². The number of amides is 3. The second kappa shape index (κ2) is 10.7. The summed E-state index contributed by atoms with van der Waals surface area (Å²) in [6.07, 6.45) is 1.73. The van der Waals surface area contributed by atoms with Crippen molar-refractivity contribution in [3.05, 3.63) is 77.9 Å². The monoisotopic (exact) mass is 494 g/mol. The van der Waals surface area contributed by atoms with Crippen LogP contribution < -0.4 is 16.2 Å². The summed E-state index contributed by atoms with van der Waals surface area (Å²) in [4.78, 5) is 36.9. The summed E-state index contributed by atoms with van der Waals surface area (Å²) in [5, 5.41) is 4.52. The molecular formula is C25H26N4O5S. The highest BCUT2D eigenvalue weighted by Gasteiger charge is 2.27. The molecule has 1 aliphatic rings. The first-order chi connectivity index (χ1) is 16.8. The van der Waals surface area contributed by atoms with Gasteiger partial charge in [0.15, 0.2) is 0 Å². The molecule has 1 aliphatic heterocycles. The molecule has 0 saturated carbocycles. The maximum Gasteiger partial charge on any atom is 0.269 e. The molecule has 182 valence electrons. The van der Waals surface area contributed by atoms with Crippen LogP contribution in [0.5, 0.6) is 0 Å². The van der Waals surface area contributed by atoms with Crippen molar-refractivity contribution in [2.45, 2.75) is 24.2 Å². The Balaban J connectivity index is 1.28. The first-order valence-corrected chi connectivity index (χ1v) is 12.7. The van der Waals surface area contributed by atoms with Gasteiger partial charge >= 0.3 is 0 Å². The van der Waals surface area contributed by atoms with Gasteiger partial charge in [-0.2, -0.15) is 4.31 Å². The van der Waals surface area contributed by atoms with Gasteiger partial charge in [-0.15, -0.1) is 0 Å². The van der Waals surface area contributed by atoms with Gasteiger partial charge in [0.1, 0.15) is 0 Å². The van der Waals surface area contributed by atoms with Gasteiger partial charge in [0.25, 0.3) is 11.8 Å². The zero-order chi connectivity index (χ0) is 24.8. The summed E-state index contributed by atoms with van der Waals surface area (Å²) in [6.45, 7) is 0.593. The second-order valence-electron chi connectivity index (χ2n) is 8.23. The molecule has 4 rings (SSSR count). The number of hydrogen-bond acceptors (Lipinski definition) is 5. The molecule has 3 aromatic carbocycles. The normalized spacial score (nSPS) is 13.9.